The Balaban J connectivity index is 2.55. The number of carbonyl (C=O) groups is 1. The van der Waals surface area contributed by atoms with E-state index in [9.17, 15) is 4.79 Å². The Hall–Kier alpha value is -1.69. The molecule has 0 saturated carbocycles. The maximum atomic E-state index is 11.7. The average Bonchev–Trinajstić information content (AvgIpc) is 2.67. The molecule has 3 N–H and O–H groups in total. The smallest absolute Gasteiger partial charge is 0.273 e. The fourth-order valence-electron chi connectivity index (χ4n) is 1.25. The van der Waals surface area contributed by atoms with E-state index < -0.39 is 0 Å². The van der Waals surface area contributed by atoms with Crippen molar-refractivity contribution >= 4 is 5.91 Å². The van der Waals surface area contributed by atoms with Crippen LogP contribution in [0.25, 0.3) is 0 Å². The average molecular weight is 223 g/mol. The molecular formula is C10H17N5O. The first-order valence-corrected chi connectivity index (χ1v) is 5.19. The number of carbonyl (C=O) groups excluding carboxylic acids is 1. The Bertz CT molecular complexity index is 360. The molecule has 0 aromatic carbocycles. The van der Waals surface area contributed by atoms with Crippen LogP contribution in [-0.4, -0.2) is 33.5 Å². The lowest BCUT2D eigenvalue weighted by Crippen LogP contribution is -2.32. The van der Waals surface area contributed by atoms with Crippen molar-refractivity contribution in [1.82, 2.24) is 20.3 Å². The van der Waals surface area contributed by atoms with Crippen molar-refractivity contribution in [2.24, 2.45) is 5.73 Å². The standard InChI is InChI=1S/C10H17N5O/c1-3-4-8(2)12-10(16)9-7-15(6-5-11)14-13-9/h3,7-8H,1,4-6,11H2,2H3,(H,12,16). The molecule has 1 rings (SSSR count). The Labute approximate surface area is 94.5 Å². The summed E-state index contributed by atoms with van der Waals surface area (Å²) in [6.07, 6.45) is 4.07. The van der Waals surface area contributed by atoms with E-state index in [1.807, 2.05) is 6.92 Å². The molecule has 0 saturated heterocycles. The summed E-state index contributed by atoms with van der Waals surface area (Å²) in [5.74, 6) is -0.224. The van der Waals surface area contributed by atoms with Crippen LogP contribution in [-0.2, 0) is 6.54 Å². The number of nitrogens with one attached hydrogen (secondary N) is 1. The summed E-state index contributed by atoms with van der Waals surface area (Å²) in [7, 11) is 0. The highest BCUT2D eigenvalue weighted by molar-refractivity contribution is 5.92. The molecule has 1 unspecified atom stereocenters. The molecule has 0 bridgehead atoms. The summed E-state index contributed by atoms with van der Waals surface area (Å²) in [4.78, 5) is 11.7. The normalized spacial score (nSPS) is 12.1. The van der Waals surface area contributed by atoms with Gasteiger partial charge in [-0.3, -0.25) is 9.48 Å². The summed E-state index contributed by atoms with van der Waals surface area (Å²) in [5.41, 5.74) is 5.68. The van der Waals surface area contributed by atoms with Crippen molar-refractivity contribution < 1.29 is 4.79 Å². The van der Waals surface area contributed by atoms with Crippen LogP contribution in [0.1, 0.15) is 23.8 Å². The van der Waals surface area contributed by atoms with Crippen molar-refractivity contribution in [3.63, 3.8) is 0 Å². The number of hydrogen-bond donors (Lipinski definition) is 2. The number of hydrogen-bond acceptors (Lipinski definition) is 4. The predicted molar refractivity (Wildman–Crippen MR) is 60.8 cm³/mol. The third-order valence-electron chi connectivity index (χ3n) is 2.03. The van der Waals surface area contributed by atoms with Gasteiger partial charge in [0.2, 0.25) is 0 Å². The van der Waals surface area contributed by atoms with Crippen LogP contribution in [0.3, 0.4) is 0 Å². The first kappa shape index (κ1) is 12.4. The van der Waals surface area contributed by atoms with Crippen LogP contribution in [0.2, 0.25) is 0 Å². The number of nitrogens with two attached hydrogens (primary N) is 1. The summed E-state index contributed by atoms with van der Waals surface area (Å²) in [5, 5.41) is 10.3. The van der Waals surface area contributed by atoms with Gasteiger partial charge in [0.1, 0.15) is 0 Å². The molecule has 0 spiro atoms. The summed E-state index contributed by atoms with van der Waals surface area (Å²) in [6.45, 7) is 6.55. The molecule has 1 aromatic rings. The summed E-state index contributed by atoms with van der Waals surface area (Å²) < 4.78 is 1.55. The lowest BCUT2D eigenvalue weighted by molar-refractivity contribution is 0.0935. The lowest BCUT2D eigenvalue weighted by atomic mass is 10.2. The Morgan fingerprint density at radius 3 is 3.19 bits per heavy atom. The van der Waals surface area contributed by atoms with Crippen molar-refractivity contribution in [3.05, 3.63) is 24.5 Å². The second-order valence-electron chi connectivity index (χ2n) is 3.55. The molecule has 6 heteroatoms. The van der Waals surface area contributed by atoms with E-state index in [-0.39, 0.29) is 11.9 Å². The highest BCUT2D eigenvalue weighted by atomic mass is 16.2. The van der Waals surface area contributed by atoms with Crippen molar-refractivity contribution in [2.75, 3.05) is 6.54 Å². The molecule has 0 fully saturated rings. The van der Waals surface area contributed by atoms with Gasteiger partial charge in [0, 0.05) is 12.6 Å². The van der Waals surface area contributed by atoms with Gasteiger partial charge in [-0.2, -0.15) is 0 Å². The molecule has 0 aliphatic rings. The number of rotatable bonds is 6. The zero-order chi connectivity index (χ0) is 12.0. The molecule has 0 aliphatic heterocycles. The summed E-state index contributed by atoms with van der Waals surface area (Å²) >= 11 is 0. The minimum atomic E-state index is -0.224. The first-order valence-electron chi connectivity index (χ1n) is 5.19. The fraction of sp³-hybridized carbons (Fsp3) is 0.500. The quantitative estimate of drug-likeness (QED) is 0.661. The minimum absolute atomic E-state index is 0.0460. The minimum Gasteiger partial charge on any atom is -0.348 e. The predicted octanol–water partition coefficient (Wildman–Crippen LogP) is -0.0688. The number of amides is 1. The van der Waals surface area contributed by atoms with Gasteiger partial charge in [0.05, 0.1) is 12.7 Å². The molecule has 0 radical (unpaired) electrons. The Morgan fingerprint density at radius 1 is 1.81 bits per heavy atom. The maximum Gasteiger partial charge on any atom is 0.273 e. The summed E-state index contributed by atoms with van der Waals surface area (Å²) in [6, 6.07) is 0.0460. The third-order valence-corrected chi connectivity index (χ3v) is 2.03. The van der Waals surface area contributed by atoms with Crippen LogP contribution < -0.4 is 11.1 Å². The van der Waals surface area contributed by atoms with E-state index >= 15 is 0 Å². The van der Waals surface area contributed by atoms with Crippen molar-refractivity contribution in [1.29, 1.82) is 0 Å². The third kappa shape index (κ3) is 3.47. The molecular weight excluding hydrogens is 206 g/mol. The molecule has 1 atom stereocenters. The second-order valence-corrected chi connectivity index (χ2v) is 3.55. The van der Waals surface area contributed by atoms with Crippen molar-refractivity contribution in [3.8, 4) is 0 Å². The molecule has 1 amide bonds. The van der Waals surface area contributed by atoms with E-state index in [1.165, 1.54) is 0 Å². The Morgan fingerprint density at radius 2 is 2.56 bits per heavy atom. The van der Waals surface area contributed by atoms with Crippen LogP contribution in [0, 0.1) is 0 Å². The van der Waals surface area contributed by atoms with Crippen LogP contribution in [0.5, 0.6) is 0 Å². The van der Waals surface area contributed by atoms with E-state index in [0.717, 1.165) is 6.42 Å². The number of aromatic nitrogens is 3. The molecule has 88 valence electrons. The van der Waals surface area contributed by atoms with E-state index in [2.05, 4.69) is 22.2 Å². The van der Waals surface area contributed by atoms with Crippen LogP contribution >= 0.6 is 0 Å². The van der Waals surface area contributed by atoms with Gasteiger partial charge in [-0.25, -0.2) is 0 Å². The van der Waals surface area contributed by atoms with Gasteiger partial charge in [0.25, 0.3) is 5.91 Å². The van der Waals surface area contributed by atoms with Gasteiger partial charge in [-0.15, -0.1) is 11.7 Å². The molecule has 1 aromatic heterocycles. The fourth-order valence-corrected chi connectivity index (χ4v) is 1.25. The van der Waals surface area contributed by atoms with Crippen LogP contribution in [0.4, 0.5) is 0 Å². The highest BCUT2D eigenvalue weighted by Gasteiger charge is 2.12. The van der Waals surface area contributed by atoms with Gasteiger partial charge in [-0.1, -0.05) is 11.3 Å². The van der Waals surface area contributed by atoms with E-state index in [0.29, 0.717) is 18.8 Å². The Kier molecular flexibility index (Phi) is 4.65. The van der Waals surface area contributed by atoms with Crippen molar-refractivity contribution in [2.45, 2.75) is 25.9 Å². The van der Waals surface area contributed by atoms with Gasteiger partial charge in [-0.05, 0) is 13.3 Å². The molecule has 16 heavy (non-hydrogen) atoms. The van der Waals surface area contributed by atoms with Gasteiger partial charge >= 0.3 is 0 Å². The molecule has 0 aliphatic carbocycles. The molecule has 1 heterocycles. The highest BCUT2D eigenvalue weighted by Crippen LogP contribution is 1.96. The zero-order valence-corrected chi connectivity index (χ0v) is 9.39. The van der Waals surface area contributed by atoms with E-state index in [4.69, 9.17) is 5.73 Å². The van der Waals surface area contributed by atoms with E-state index in [1.54, 1.807) is 17.0 Å². The monoisotopic (exact) mass is 223 g/mol. The second kappa shape index (κ2) is 6.02. The zero-order valence-electron chi connectivity index (χ0n) is 9.39. The van der Waals surface area contributed by atoms with Gasteiger partial charge in [0.15, 0.2) is 5.69 Å². The SMILES string of the molecule is C=CCC(C)NC(=O)c1cn(CCN)nn1. The number of nitrogens with zero attached hydrogens (tertiary/aromatic N) is 3. The van der Waals surface area contributed by atoms with Crippen LogP contribution in [0.15, 0.2) is 18.9 Å². The largest absolute Gasteiger partial charge is 0.348 e. The lowest BCUT2D eigenvalue weighted by Gasteiger charge is -2.09. The first-order chi connectivity index (χ1) is 7.67. The topological polar surface area (TPSA) is 85.8 Å². The maximum absolute atomic E-state index is 11.7. The van der Waals surface area contributed by atoms with Gasteiger partial charge < -0.3 is 11.1 Å². The molecule has 6 nitrogen and oxygen atoms in total.